The van der Waals surface area contributed by atoms with Crippen molar-refractivity contribution >= 4 is 29.3 Å². The predicted octanol–water partition coefficient (Wildman–Crippen LogP) is 3.39. The number of nitrogens with one attached hydrogen (secondary N) is 2. The minimum absolute atomic E-state index is 0.00668. The van der Waals surface area contributed by atoms with E-state index in [-0.39, 0.29) is 23.6 Å². The highest BCUT2D eigenvalue weighted by atomic mass is 19.4. The highest BCUT2D eigenvalue weighted by molar-refractivity contribution is 5.95. The molecule has 1 aliphatic rings. The molecular formula is C24H31F3N6O4. The molecule has 2 N–H and O–H groups in total. The van der Waals surface area contributed by atoms with Crippen molar-refractivity contribution in [3.63, 3.8) is 0 Å². The summed E-state index contributed by atoms with van der Waals surface area (Å²) in [5.41, 5.74) is -0.235. The van der Waals surface area contributed by atoms with Crippen molar-refractivity contribution in [2.45, 2.75) is 25.9 Å². The van der Waals surface area contributed by atoms with Crippen molar-refractivity contribution in [3.8, 4) is 5.75 Å². The average Bonchev–Trinajstić information content (AvgIpc) is 2.90. The molecule has 0 atom stereocenters. The number of rotatable bonds is 10. The van der Waals surface area contributed by atoms with Crippen molar-refractivity contribution in [2.75, 3.05) is 64.2 Å². The first-order chi connectivity index (χ1) is 17.7. The summed E-state index contributed by atoms with van der Waals surface area (Å²) in [6.07, 6.45) is -2.69. The molecular weight excluding hydrogens is 493 g/mol. The van der Waals surface area contributed by atoms with Crippen LogP contribution in [0.2, 0.25) is 0 Å². The van der Waals surface area contributed by atoms with Crippen molar-refractivity contribution in [3.05, 3.63) is 35.5 Å². The molecule has 0 radical (unpaired) electrons. The van der Waals surface area contributed by atoms with E-state index >= 15 is 0 Å². The van der Waals surface area contributed by atoms with E-state index in [1.807, 2.05) is 6.92 Å². The fourth-order valence-electron chi connectivity index (χ4n) is 3.79. The van der Waals surface area contributed by atoms with E-state index in [9.17, 15) is 22.8 Å². The number of halogens is 3. The summed E-state index contributed by atoms with van der Waals surface area (Å²) >= 11 is 0. The van der Waals surface area contributed by atoms with E-state index in [4.69, 9.17) is 9.47 Å². The number of methoxy groups -OCH3 is 1. The van der Waals surface area contributed by atoms with Gasteiger partial charge in [0.05, 0.1) is 25.8 Å². The van der Waals surface area contributed by atoms with Crippen LogP contribution in [0.5, 0.6) is 5.75 Å². The van der Waals surface area contributed by atoms with Crippen LogP contribution < -0.4 is 15.4 Å². The van der Waals surface area contributed by atoms with Crippen LogP contribution in [0.25, 0.3) is 0 Å². The Morgan fingerprint density at radius 3 is 2.43 bits per heavy atom. The van der Waals surface area contributed by atoms with Crippen molar-refractivity contribution < 1.29 is 32.2 Å². The molecule has 1 aromatic carbocycles. The van der Waals surface area contributed by atoms with Crippen LogP contribution >= 0.6 is 0 Å². The molecule has 1 aromatic heterocycles. The number of carbonyl (C=O) groups is 2. The number of carbonyl (C=O) groups excluding carboxylic acids is 2. The molecule has 10 nitrogen and oxygen atoms in total. The number of hydrogen-bond acceptors (Lipinski definition) is 8. The van der Waals surface area contributed by atoms with Gasteiger partial charge in [0.1, 0.15) is 17.1 Å². The molecule has 0 spiro atoms. The molecule has 2 heterocycles. The van der Waals surface area contributed by atoms with E-state index < -0.39 is 11.7 Å². The molecule has 37 heavy (non-hydrogen) atoms. The Morgan fingerprint density at radius 2 is 1.81 bits per heavy atom. The van der Waals surface area contributed by atoms with E-state index in [2.05, 4.69) is 20.6 Å². The normalized spacial score (nSPS) is 13.9. The van der Waals surface area contributed by atoms with Crippen molar-refractivity contribution in [1.29, 1.82) is 0 Å². The summed E-state index contributed by atoms with van der Waals surface area (Å²) in [4.78, 5) is 36.4. The van der Waals surface area contributed by atoms with Gasteiger partial charge in [0.25, 0.3) is 5.91 Å². The second-order valence-corrected chi connectivity index (χ2v) is 8.28. The lowest BCUT2D eigenvalue weighted by molar-refractivity contribution is -0.137. The van der Waals surface area contributed by atoms with E-state index in [1.54, 1.807) is 21.9 Å². The third-order valence-electron chi connectivity index (χ3n) is 5.75. The lowest BCUT2D eigenvalue weighted by Gasteiger charge is -2.35. The standard InChI is InChI=1S/C24H31F3N6O4/c1-4-12-37-13-7-20(34)32-8-10-33(11-9-32)22(35)16-5-6-18(19(14-16)36-3)30-23-29-15-17(24(25,26)27)21(28-2)31-23/h5-6,14-15H,4,7-13H2,1-3H3,(H2,28,29,30,31). The highest BCUT2D eigenvalue weighted by Crippen LogP contribution is 2.34. The molecule has 0 bridgehead atoms. The zero-order valence-corrected chi connectivity index (χ0v) is 21.0. The van der Waals surface area contributed by atoms with Gasteiger partial charge in [0, 0.05) is 51.6 Å². The topological polar surface area (TPSA) is 109 Å². The first-order valence-corrected chi connectivity index (χ1v) is 11.9. The molecule has 202 valence electrons. The van der Waals surface area contributed by atoms with E-state index in [0.717, 1.165) is 6.42 Å². The van der Waals surface area contributed by atoms with E-state index in [1.165, 1.54) is 20.2 Å². The van der Waals surface area contributed by atoms with Gasteiger partial charge in [0.2, 0.25) is 11.9 Å². The summed E-state index contributed by atoms with van der Waals surface area (Å²) in [7, 11) is 2.75. The molecule has 3 rings (SSSR count). The fraction of sp³-hybridized carbons (Fsp3) is 0.500. The second kappa shape index (κ2) is 12.6. The predicted molar refractivity (Wildman–Crippen MR) is 131 cm³/mol. The minimum atomic E-state index is -4.60. The Hall–Kier alpha value is -3.61. The minimum Gasteiger partial charge on any atom is -0.495 e. The third kappa shape index (κ3) is 7.21. The molecule has 1 aliphatic heterocycles. The summed E-state index contributed by atoms with van der Waals surface area (Å²) in [5.74, 6) is -0.363. The maximum Gasteiger partial charge on any atom is 0.421 e. The summed E-state index contributed by atoms with van der Waals surface area (Å²) in [5, 5.41) is 5.25. The Morgan fingerprint density at radius 1 is 1.11 bits per heavy atom. The average molecular weight is 525 g/mol. The molecule has 1 fully saturated rings. The molecule has 2 amide bonds. The van der Waals surface area contributed by atoms with Crippen LogP contribution in [0.15, 0.2) is 24.4 Å². The number of alkyl halides is 3. The quantitative estimate of drug-likeness (QED) is 0.456. The number of aromatic nitrogens is 2. The molecule has 13 heteroatoms. The molecule has 0 saturated carbocycles. The van der Waals surface area contributed by atoms with Gasteiger partial charge in [-0.1, -0.05) is 6.92 Å². The molecule has 0 unspecified atom stereocenters. The van der Waals surface area contributed by atoms with Gasteiger partial charge in [-0.2, -0.15) is 18.2 Å². The lowest BCUT2D eigenvalue weighted by atomic mass is 10.1. The summed E-state index contributed by atoms with van der Waals surface area (Å²) in [6.45, 7) is 4.69. The fourth-order valence-corrected chi connectivity index (χ4v) is 3.79. The molecule has 2 aromatic rings. The van der Waals surface area contributed by atoms with Crippen LogP contribution in [0.3, 0.4) is 0 Å². The monoisotopic (exact) mass is 524 g/mol. The zero-order chi connectivity index (χ0) is 27.0. The van der Waals surface area contributed by atoms with Crippen molar-refractivity contribution in [1.82, 2.24) is 19.8 Å². The Kier molecular flexibility index (Phi) is 9.50. The lowest BCUT2D eigenvalue weighted by Crippen LogP contribution is -2.50. The largest absolute Gasteiger partial charge is 0.495 e. The number of hydrogen-bond donors (Lipinski definition) is 2. The maximum atomic E-state index is 13.1. The van der Waals surface area contributed by atoms with Gasteiger partial charge in [-0.3, -0.25) is 9.59 Å². The van der Waals surface area contributed by atoms with Crippen LogP contribution in [0, 0.1) is 0 Å². The Balaban J connectivity index is 1.64. The van der Waals surface area contributed by atoms with Crippen LogP contribution in [0.1, 0.15) is 35.7 Å². The Bertz CT molecular complexity index is 1090. The number of anilines is 3. The summed E-state index contributed by atoms with van der Waals surface area (Å²) in [6, 6.07) is 4.69. The van der Waals surface area contributed by atoms with Gasteiger partial charge in [-0.25, -0.2) is 4.98 Å². The number of amides is 2. The smallest absolute Gasteiger partial charge is 0.421 e. The maximum absolute atomic E-state index is 13.1. The van der Waals surface area contributed by atoms with E-state index in [0.29, 0.717) is 69.0 Å². The van der Waals surface area contributed by atoms with Gasteiger partial charge in [-0.15, -0.1) is 0 Å². The first kappa shape index (κ1) is 28.0. The number of nitrogens with zero attached hydrogens (tertiary/aromatic N) is 4. The van der Waals surface area contributed by atoms with Crippen LogP contribution in [-0.2, 0) is 15.7 Å². The summed E-state index contributed by atoms with van der Waals surface area (Å²) < 4.78 is 50.1. The van der Waals surface area contributed by atoms with Gasteiger partial charge < -0.3 is 29.9 Å². The van der Waals surface area contributed by atoms with Gasteiger partial charge in [-0.05, 0) is 24.6 Å². The third-order valence-corrected chi connectivity index (χ3v) is 5.75. The molecule has 0 aliphatic carbocycles. The second-order valence-electron chi connectivity index (χ2n) is 8.28. The SMILES string of the molecule is CCCOCCC(=O)N1CCN(C(=O)c2ccc(Nc3ncc(C(F)(F)F)c(NC)n3)c(OC)c2)CC1. The van der Waals surface area contributed by atoms with Crippen LogP contribution in [0.4, 0.5) is 30.6 Å². The number of ether oxygens (including phenoxy) is 2. The van der Waals surface area contributed by atoms with Gasteiger partial charge >= 0.3 is 6.18 Å². The highest BCUT2D eigenvalue weighted by Gasteiger charge is 2.35. The molecule has 1 saturated heterocycles. The zero-order valence-electron chi connectivity index (χ0n) is 21.0. The van der Waals surface area contributed by atoms with Gasteiger partial charge in [0.15, 0.2) is 0 Å². The Labute approximate surface area is 213 Å². The number of piperazine rings is 1. The first-order valence-electron chi connectivity index (χ1n) is 11.9. The van der Waals surface area contributed by atoms with Crippen LogP contribution in [-0.4, -0.2) is 85.1 Å². The number of benzene rings is 1. The van der Waals surface area contributed by atoms with Crippen molar-refractivity contribution in [2.24, 2.45) is 0 Å².